The third-order valence-electron chi connectivity index (χ3n) is 7.61. The van der Waals surface area contributed by atoms with E-state index in [0.29, 0.717) is 17.4 Å². The summed E-state index contributed by atoms with van der Waals surface area (Å²) in [5.74, 6) is 0.869. The Morgan fingerprint density at radius 1 is 0.938 bits per heavy atom. The van der Waals surface area contributed by atoms with Gasteiger partial charge in [-0.05, 0) is 76.0 Å². The molecule has 1 aliphatic carbocycles. The standard InChI is InChI=1S/C25H38N4O3/c1-27-13-11-21(12-14-27)28-15-17-29(18-16-28)25(31)23(19-5-3-4-6-19)26-24(30)20-7-9-22(32-2)10-8-20/h7-10,19,21,23H,3-6,11-18H2,1-2H3,(H,26,30)/t23-/m1/s1. The molecule has 4 rings (SSSR count). The molecule has 0 radical (unpaired) electrons. The van der Waals surface area contributed by atoms with Crippen LogP contribution in [-0.2, 0) is 4.79 Å². The predicted octanol–water partition coefficient (Wildman–Crippen LogP) is 2.22. The van der Waals surface area contributed by atoms with Gasteiger partial charge in [-0.15, -0.1) is 0 Å². The molecular formula is C25H38N4O3. The minimum atomic E-state index is -0.429. The van der Waals surface area contributed by atoms with E-state index in [4.69, 9.17) is 4.74 Å². The van der Waals surface area contributed by atoms with Crippen LogP contribution in [-0.4, -0.2) is 92.0 Å². The van der Waals surface area contributed by atoms with E-state index in [0.717, 1.165) is 65.0 Å². The van der Waals surface area contributed by atoms with Gasteiger partial charge in [0.1, 0.15) is 11.8 Å². The van der Waals surface area contributed by atoms with Crippen molar-refractivity contribution >= 4 is 11.8 Å². The second-order valence-corrected chi connectivity index (χ2v) is 9.62. The number of carbonyl (C=O) groups is 2. The number of piperidine rings is 1. The second kappa shape index (κ2) is 10.7. The maximum atomic E-state index is 13.5. The van der Waals surface area contributed by atoms with E-state index < -0.39 is 6.04 Å². The highest BCUT2D eigenvalue weighted by molar-refractivity contribution is 5.97. The number of benzene rings is 1. The van der Waals surface area contributed by atoms with Crippen molar-refractivity contribution in [3.63, 3.8) is 0 Å². The van der Waals surface area contributed by atoms with Crippen molar-refractivity contribution < 1.29 is 14.3 Å². The van der Waals surface area contributed by atoms with Gasteiger partial charge >= 0.3 is 0 Å². The number of methoxy groups -OCH3 is 1. The number of amides is 2. The Balaban J connectivity index is 1.37. The van der Waals surface area contributed by atoms with Crippen LogP contribution in [0.3, 0.4) is 0 Å². The Morgan fingerprint density at radius 3 is 2.16 bits per heavy atom. The van der Waals surface area contributed by atoms with Gasteiger partial charge in [-0.3, -0.25) is 14.5 Å². The minimum absolute atomic E-state index is 0.0989. The summed E-state index contributed by atoms with van der Waals surface area (Å²) in [5, 5.41) is 3.10. The van der Waals surface area contributed by atoms with Gasteiger partial charge in [0.2, 0.25) is 5.91 Å². The lowest BCUT2D eigenvalue weighted by atomic mass is 9.95. The molecule has 3 aliphatic rings. The largest absolute Gasteiger partial charge is 0.497 e. The number of hydrogen-bond donors (Lipinski definition) is 1. The summed E-state index contributed by atoms with van der Waals surface area (Å²) in [4.78, 5) is 33.4. The first kappa shape index (κ1) is 23.1. The van der Waals surface area contributed by atoms with Crippen LogP contribution in [0.25, 0.3) is 0 Å². The summed E-state index contributed by atoms with van der Waals surface area (Å²) in [7, 11) is 3.80. The molecule has 1 aromatic rings. The number of carbonyl (C=O) groups excluding carboxylic acids is 2. The van der Waals surface area contributed by atoms with Gasteiger partial charge in [-0.25, -0.2) is 0 Å². The highest BCUT2D eigenvalue weighted by atomic mass is 16.5. The molecule has 1 aromatic carbocycles. The number of rotatable bonds is 6. The van der Waals surface area contributed by atoms with Crippen molar-refractivity contribution in [1.82, 2.24) is 20.0 Å². The summed E-state index contributed by atoms with van der Waals surface area (Å²) in [6, 6.07) is 7.29. The van der Waals surface area contributed by atoms with Crippen molar-refractivity contribution in [3.05, 3.63) is 29.8 Å². The Bertz CT molecular complexity index is 762. The van der Waals surface area contributed by atoms with Gasteiger partial charge in [-0.2, -0.15) is 0 Å². The first-order valence-electron chi connectivity index (χ1n) is 12.2. The maximum Gasteiger partial charge on any atom is 0.251 e. The Hall–Kier alpha value is -2.12. The average molecular weight is 443 g/mol. The highest BCUT2D eigenvalue weighted by Crippen LogP contribution is 2.29. The fourth-order valence-electron chi connectivity index (χ4n) is 5.50. The summed E-state index contributed by atoms with van der Waals surface area (Å²) in [5.41, 5.74) is 0.564. The zero-order chi connectivity index (χ0) is 22.5. The van der Waals surface area contributed by atoms with E-state index in [2.05, 4.69) is 22.2 Å². The molecule has 176 valence electrons. The number of piperazine rings is 1. The minimum Gasteiger partial charge on any atom is -0.497 e. The molecule has 2 heterocycles. The van der Waals surface area contributed by atoms with Crippen LogP contribution in [0, 0.1) is 5.92 Å². The molecule has 32 heavy (non-hydrogen) atoms. The Morgan fingerprint density at radius 2 is 1.56 bits per heavy atom. The van der Waals surface area contributed by atoms with Gasteiger partial charge in [0, 0.05) is 37.8 Å². The molecule has 2 amide bonds. The van der Waals surface area contributed by atoms with E-state index >= 15 is 0 Å². The Kier molecular flexibility index (Phi) is 7.68. The molecule has 1 saturated carbocycles. The summed E-state index contributed by atoms with van der Waals surface area (Å²) in [6.07, 6.45) is 6.72. The normalized spacial score (nSPS) is 22.6. The average Bonchev–Trinajstić information content (AvgIpc) is 3.37. The van der Waals surface area contributed by atoms with Crippen LogP contribution < -0.4 is 10.1 Å². The summed E-state index contributed by atoms with van der Waals surface area (Å²) >= 11 is 0. The van der Waals surface area contributed by atoms with E-state index in [1.807, 2.05) is 4.90 Å². The monoisotopic (exact) mass is 442 g/mol. The fourth-order valence-corrected chi connectivity index (χ4v) is 5.50. The molecule has 2 saturated heterocycles. The van der Waals surface area contributed by atoms with E-state index in [1.165, 1.54) is 12.8 Å². The molecule has 7 heteroatoms. The van der Waals surface area contributed by atoms with E-state index in [-0.39, 0.29) is 17.7 Å². The summed E-state index contributed by atoms with van der Waals surface area (Å²) < 4.78 is 5.19. The van der Waals surface area contributed by atoms with E-state index in [1.54, 1.807) is 31.4 Å². The molecule has 0 aromatic heterocycles. The molecule has 1 atom stereocenters. The smallest absolute Gasteiger partial charge is 0.251 e. The van der Waals surface area contributed by atoms with Crippen molar-refractivity contribution in [2.45, 2.75) is 50.6 Å². The predicted molar refractivity (Wildman–Crippen MR) is 125 cm³/mol. The second-order valence-electron chi connectivity index (χ2n) is 9.62. The van der Waals surface area contributed by atoms with Crippen molar-refractivity contribution in [1.29, 1.82) is 0 Å². The zero-order valence-electron chi connectivity index (χ0n) is 19.6. The lowest BCUT2D eigenvalue weighted by Crippen LogP contribution is -2.58. The van der Waals surface area contributed by atoms with Gasteiger partial charge in [-0.1, -0.05) is 12.8 Å². The van der Waals surface area contributed by atoms with Crippen LogP contribution in [0.5, 0.6) is 5.75 Å². The van der Waals surface area contributed by atoms with Gasteiger partial charge in [0.05, 0.1) is 7.11 Å². The molecule has 0 unspecified atom stereocenters. The first-order chi connectivity index (χ1) is 15.5. The number of hydrogen-bond acceptors (Lipinski definition) is 5. The number of likely N-dealkylation sites (tertiary alicyclic amines) is 1. The topological polar surface area (TPSA) is 65.1 Å². The maximum absolute atomic E-state index is 13.5. The van der Waals surface area contributed by atoms with Crippen LogP contribution >= 0.6 is 0 Å². The Labute approximate surface area is 192 Å². The first-order valence-corrected chi connectivity index (χ1v) is 12.2. The van der Waals surface area contributed by atoms with Gasteiger partial charge in [0.15, 0.2) is 0 Å². The van der Waals surface area contributed by atoms with Crippen molar-refractivity contribution in [3.8, 4) is 5.75 Å². The quantitative estimate of drug-likeness (QED) is 0.732. The van der Waals surface area contributed by atoms with Crippen LogP contribution in [0.1, 0.15) is 48.9 Å². The SMILES string of the molecule is COc1ccc(C(=O)N[C@@H](C(=O)N2CCN(C3CCN(C)CC3)CC2)C2CCCC2)cc1. The van der Waals surface area contributed by atoms with Crippen molar-refractivity contribution in [2.75, 3.05) is 53.4 Å². The molecule has 3 fully saturated rings. The lowest BCUT2D eigenvalue weighted by Gasteiger charge is -2.43. The zero-order valence-corrected chi connectivity index (χ0v) is 19.6. The van der Waals surface area contributed by atoms with E-state index in [9.17, 15) is 9.59 Å². The van der Waals surface area contributed by atoms with Crippen molar-refractivity contribution in [2.24, 2.45) is 5.92 Å². The molecule has 2 aliphatic heterocycles. The molecule has 0 bridgehead atoms. The number of ether oxygens (including phenoxy) is 1. The summed E-state index contributed by atoms with van der Waals surface area (Å²) in [6.45, 7) is 5.70. The lowest BCUT2D eigenvalue weighted by molar-refractivity contribution is -0.136. The molecular weight excluding hydrogens is 404 g/mol. The third kappa shape index (κ3) is 5.44. The van der Waals surface area contributed by atoms with Gasteiger partial charge in [0.25, 0.3) is 5.91 Å². The highest BCUT2D eigenvalue weighted by Gasteiger charge is 2.36. The van der Waals surface area contributed by atoms with Crippen LogP contribution in [0.2, 0.25) is 0 Å². The van der Waals surface area contributed by atoms with Gasteiger partial charge < -0.3 is 19.9 Å². The fraction of sp³-hybridized carbons (Fsp3) is 0.680. The van der Waals surface area contributed by atoms with Crippen LogP contribution in [0.4, 0.5) is 0 Å². The number of nitrogens with one attached hydrogen (secondary N) is 1. The molecule has 7 nitrogen and oxygen atoms in total. The third-order valence-corrected chi connectivity index (χ3v) is 7.61. The number of nitrogens with zero attached hydrogens (tertiary/aromatic N) is 3. The molecule has 0 spiro atoms. The van der Waals surface area contributed by atoms with Crippen LogP contribution in [0.15, 0.2) is 24.3 Å². The molecule has 1 N–H and O–H groups in total.